The van der Waals surface area contributed by atoms with Gasteiger partial charge >= 0.3 is 0 Å². The third-order valence-corrected chi connectivity index (χ3v) is 9.70. The van der Waals surface area contributed by atoms with Gasteiger partial charge in [0.05, 0.1) is 11.5 Å². The molecular formula is C31H48ClN5O3. The van der Waals surface area contributed by atoms with Crippen molar-refractivity contribution in [3.05, 3.63) is 34.9 Å². The molecule has 1 aromatic carbocycles. The molecule has 0 aromatic heterocycles. The third kappa shape index (κ3) is 7.56. The Balaban J connectivity index is 1.49. The van der Waals surface area contributed by atoms with Crippen LogP contribution in [0.4, 0.5) is 0 Å². The van der Waals surface area contributed by atoms with E-state index in [1.165, 1.54) is 19.3 Å². The minimum absolute atomic E-state index is 0.0790. The second-order valence-corrected chi connectivity index (χ2v) is 12.3. The van der Waals surface area contributed by atoms with Crippen LogP contribution in [0.3, 0.4) is 0 Å². The number of likely N-dealkylation sites (tertiary alicyclic amines) is 1. The molecule has 8 nitrogen and oxygen atoms in total. The highest BCUT2D eigenvalue weighted by molar-refractivity contribution is 6.30. The fourth-order valence-corrected chi connectivity index (χ4v) is 6.94. The molecule has 2 aliphatic heterocycles. The fourth-order valence-electron chi connectivity index (χ4n) is 6.81. The normalized spacial score (nSPS) is 22.5. The lowest BCUT2D eigenvalue weighted by Gasteiger charge is -2.47. The maximum atomic E-state index is 14.0. The summed E-state index contributed by atoms with van der Waals surface area (Å²) in [6.45, 7) is 7.37. The SMILES string of the molecule is CCC(CC)NC(=O)C1(C2CCCCC2)CCN(C(=O)[C@@H](Cc2ccc(Cl)cc2)NC(=O)[C@H]2CNCCN2)CC1. The van der Waals surface area contributed by atoms with E-state index in [4.69, 9.17) is 11.6 Å². The first-order valence-corrected chi connectivity index (χ1v) is 15.8. The minimum Gasteiger partial charge on any atom is -0.353 e. The second-order valence-electron chi connectivity index (χ2n) is 11.9. The number of hydrogen-bond donors (Lipinski definition) is 4. The second kappa shape index (κ2) is 14.6. The Bertz CT molecular complexity index is 979. The summed E-state index contributed by atoms with van der Waals surface area (Å²) in [6.07, 6.45) is 9.33. The molecule has 222 valence electrons. The summed E-state index contributed by atoms with van der Waals surface area (Å²) in [7, 11) is 0. The first-order chi connectivity index (χ1) is 19.4. The maximum Gasteiger partial charge on any atom is 0.245 e. The number of piperazine rings is 1. The molecule has 3 amide bonds. The van der Waals surface area contributed by atoms with Gasteiger partial charge in [0.2, 0.25) is 17.7 Å². The zero-order valence-corrected chi connectivity index (χ0v) is 25.0. The Hall–Kier alpha value is -2.16. The molecule has 2 atom stereocenters. The predicted molar refractivity (Wildman–Crippen MR) is 159 cm³/mol. The Morgan fingerprint density at radius 2 is 1.68 bits per heavy atom. The van der Waals surface area contributed by atoms with Crippen LogP contribution >= 0.6 is 11.6 Å². The van der Waals surface area contributed by atoms with Crippen LogP contribution in [0, 0.1) is 11.3 Å². The number of carbonyl (C=O) groups excluding carboxylic acids is 3. The number of nitrogens with one attached hydrogen (secondary N) is 4. The molecule has 3 aliphatic rings. The van der Waals surface area contributed by atoms with Crippen LogP contribution in [0.1, 0.15) is 77.2 Å². The van der Waals surface area contributed by atoms with Gasteiger partial charge in [-0.25, -0.2) is 0 Å². The molecule has 40 heavy (non-hydrogen) atoms. The summed E-state index contributed by atoms with van der Waals surface area (Å²) in [5.41, 5.74) is 0.516. The van der Waals surface area contributed by atoms with Gasteiger partial charge in [-0.3, -0.25) is 14.4 Å². The number of amides is 3. The molecule has 1 aromatic rings. The number of halogens is 1. The van der Waals surface area contributed by atoms with Gasteiger partial charge in [-0.05, 0) is 62.1 Å². The average molecular weight is 574 g/mol. The lowest BCUT2D eigenvalue weighted by atomic mass is 9.63. The van der Waals surface area contributed by atoms with Crippen LogP contribution < -0.4 is 21.3 Å². The average Bonchev–Trinajstić information content (AvgIpc) is 3.01. The Morgan fingerprint density at radius 3 is 2.27 bits per heavy atom. The van der Waals surface area contributed by atoms with Gasteiger partial charge in [0.1, 0.15) is 6.04 Å². The van der Waals surface area contributed by atoms with E-state index in [0.717, 1.165) is 37.8 Å². The van der Waals surface area contributed by atoms with E-state index in [-0.39, 0.29) is 29.8 Å². The zero-order chi connectivity index (χ0) is 28.5. The smallest absolute Gasteiger partial charge is 0.245 e. The minimum atomic E-state index is -0.682. The van der Waals surface area contributed by atoms with E-state index in [2.05, 4.69) is 35.1 Å². The number of hydrogen-bond acceptors (Lipinski definition) is 5. The number of carbonyl (C=O) groups is 3. The summed E-state index contributed by atoms with van der Waals surface area (Å²) in [5, 5.41) is 13.5. The third-order valence-electron chi connectivity index (χ3n) is 9.45. The van der Waals surface area contributed by atoms with Crippen molar-refractivity contribution in [1.82, 2.24) is 26.2 Å². The lowest BCUT2D eigenvalue weighted by Crippen LogP contribution is -2.61. The van der Waals surface area contributed by atoms with Crippen LogP contribution in [-0.2, 0) is 20.8 Å². The highest BCUT2D eigenvalue weighted by Gasteiger charge is 2.48. The molecule has 3 fully saturated rings. The van der Waals surface area contributed by atoms with E-state index in [1.54, 1.807) is 0 Å². The number of nitrogens with zero attached hydrogens (tertiary/aromatic N) is 1. The van der Waals surface area contributed by atoms with Crippen molar-refractivity contribution >= 4 is 29.3 Å². The molecule has 0 radical (unpaired) electrons. The summed E-state index contributed by atoms with van der Waals surface area (Å²) < 4.78 is 0. The molecule has 0 spiro atoms. The summed E-state index contributed by atoms with van der Waals surface area (Å²) in [6, 6.07) is 6.56. The van der Waals surface area contributed by atoms with Crippen LogP contribution in [0.5, 0.6) is 0 Å². The Morgan fingerprint density at radius 1 is 1.00 bits per heavy atom. The quantitative estimate of drug-likeness (QED) is 0.343. The van der Waals surface area contributed by atoms with Gasteiger partial charge in [-0.1, -0.05) is 56.8 Å². The van der Waals surface area contributed by atoms with Crippen molar-refractivity contribution < 1.29 is 14.4 Å². The predicted octanol–water partition coefficient (Wildman–Crippen LogP) is 3.42. The van der Waals surface area contributed by atoms with E-state index >= 15 is 0 Å². The first kappa shape index (κ1) is 30.8. The molecule has 4 N–H and O–H groups in total. The number of benzene rings is 1. The van der Waals surface area contributed by atoms with Gasteiger partial charge in [-0.2, -0.15) is 0 Å². The van der Waals surface area contributed by atoms with Gasteiger partial charge in [-0.15, -0.1) is 0 Å². The van der Waals surface area contributed by atoms with Crippen LogP contribution in [-0.4, -0.2) is 73.5 Å². The van der Waals surface area contributed by atoms with Gasteiger partial charge in [0, 0.05) is 50.2 Å². The van der Waals surface area contributed by atoms with Gasteiger partial charge < -0.3 is 26.2 Å². The monoisotopic (exact) mass is 573 g/mol. The van der Waals surface area contributed by atoms with Gasteiger partial charge in [0.15, 0.2) is 0 Å². The molecule has 0 unspecified atom stereocenters. The molecule has 2 heterocycles. The Kier molecular flexibility index (Phi) is 11.3. The van der Waals surface area contributed by atoms with Crippen molar-refractivity contribution in [2.45, 2.75) is 96.2 Å². The van der Waals surface area contributed by atoms with E-state index in [0.29, 0.717) is 56.4 Å². The van der Waals surface area contributed by atoms with Gasteiger partial charge in [0.25, 0.3) is 0 Å². The first-order valence-electron chi connectivity index (χ1n) is 15.4. The van der Waals surface area contributed by atoms with Crippen LogP contribution in [0.15, 0.2) is 24.3 Å². The lowest BCUT2D eigenvalue weighted by molar-refractivity contribution is -0.147. The Labute approximate surface area is 244 Å². The molecule has 1 aliphatic carbocycles. The molecule has 2 saturated heterocycles. The van der Waals surface area contributed by atoms with Crippen molar-refractivity contribution in [2.24, 2.45) is 11.3 Å². The fraction of sp³-hybridized carbons (Fsp3) is 0.710. The van der Waals surface area contributed by atoms with Crippen LogP contribution in [0.25, 0.3) is 0 Å². The summed E-state index contributed by atoms with van der Waals surface area (Å²) >= 11 is 6.09. The highest BCUT2D eigenvalue weighted by Crippen LogP contribution is 2.46. The topological polar surface area (TPSA) is 103 Å². The van der Waals surface area contributed by atoms with E-state index in [9.17, 15) is 14.4 Å². The van der Waals surface area contributed by atoms with Crippen molar-refractivity contribution in [3.8, 4) is 0 Å². The zero-order valence-electron chi connectivity index (χ0n) is 24.3. The molecule has 4 rings (SSSR count). The number of rotatable bonds is 10. The van der Waals surface area contributed by atoms with Crippen LogP contribution in [0.2, 0.25) is 5.02 Å². The number of piperidine rings is 1. The van der Waals surface area contributed by atoms with Crippen molar-refractivity contribution in [2.75, 3.05) is 32.7 Å². The van der Waals surface area contributed by atoms with Crippen molar-refractivity contribution in [3.63, 3.8) is 0 Å². The molecule has 9 heteroatoms. The maximum absolute atomic E-state index is 14.0. The summed E-state index contributed by atoms with van der Waals surface area (Å²) in [4.78, 5) is 42.8. The highest BCUT2D eigenvalue weighted by atomic mass is 35.5. The van der Waals surface area contributed by atoms with Crippen molar-refractivity contribution in [1.29, 1.82) is 0 Å². The molecule has 1 saturated carbocycles. The largest absolute Gasteiger partial charge is 0.353 e. The van der Waals surface area contributed by atoms with E-state index < -0.39 is 11.5 Å². The standard InChI is InChI=1S/C31H48ClN5O3/c1-3-25(4-2)35-30(40)31(23-8-6-5-7-9-23)14-18-37(19-15-31)29(39)26(20-22-10-12-24(32)13-11-22)36-28(38)27-21-33-16-17-34-27/h10-13,23,25-27,33-34H,3-9,14-21H2,1-2H3,(H,35,40)(H,36,38)/t26-,27-/m1/s1. The summed E-state index contributed by atoms with van der Waals surface area (Å²) in [5.74, 6) is 0.298. The molecular weight excluding hydrogens is 526 g/mol. The van der Waals surface area contributed by atoms with E-state index in [1.807, 2.05) is 29.2 Å². The molecule has 0 bridgehead atoms.